The third-order valence-corrected chi connectivity index (χ3v) is 2.70. The third-order valence-electron chi connectivity index (χ3n) is 2.70. The summed E-state index contributed by atoms with van der Waals surface area (Å²) in [5, 5.41) is 0. The van der Waals surface area contributed by atoms with Gasteiger partial charge in [-0.3, -0.25) is 4.98 Å². The maximum absolute atomic E-state index is 4.39. The van der Waals surface area contributed by atoms with Crippen LogP contribution < -0.4 is 0 Å². The lowest BCUT2D eigenvalue weighted by molar-refractivity contribution is 0.922. The van der Waals surface area contributed by atoms with E-state index in [2.05, 4.69) is 49.2 Å². The highest BCUT2D eigenvalue weighted by Crippen LogP contribution is 2.18. The summed E-state index contributed by atoms with van der Waals surface area (Å²) in [4.78, 5) is 4.39. The van der Waals surface area contributed by atoms with E-state index in [1.807, 2.05) is 12.3 Å². The maximum atomic E-state index is 4.39. The van der Waals surface area contributed by atoms with Crippen molar-refractivity contribution in [1.82, 2.24) is 4.98 Å². The van der Waals surface area contributed by atoms with Gasteiger partial charge in [-0.25, -0.2) is 0 Å². The number of hydrogen-bond acceptors (Lipinski definition) is 1. The predicted octanol–water partition coefficient (Wildman–Crippen LogP) is 4.01. The second-order valence-electron chi connectivity index (χ2n) is 4.17. The van der Waals surface area contributed by atoms with E-state index < -0.39 is 0 Å². The molecular formula is C15H17N. The second kappa shape index (κ2) is 4.93. The molecule has 0 atom stereocenters. The number of benzene rings is 1. The summed E-state index contributed by atoms with van der Waals surface area (Å²) in [6, 6.07) is 12.9. The Morgan fingerprint density at radius 3 is 2.44 bits per heavy atom. The molecule has 1 nitrogen and oxygen atoms in total. The SMILES string of the molecule is CCCc1ccc(-c2cc(C)ccn2)cc1. The van der Waals surface area contributed by atoms with Crippen molar-refractivity contribution in [2.75, 3.05) is 0 Å². The molecule has 1 aromatic heterocycles. The van der Waals surface area contributed by atoms with E-state index in [1.54, 1.807) is 0 Å². The molecule has 0 saturated carbocycles. The Labute approximate surface area is 97.2 Å². The summed E-state index contributed by atoms with van der Waals surface area (Å²) in [6.07, 6.45) is 4.22. The van der Waals surface area contributed by atoms with Crippen LogP contribution in [0.3, 0.4) is 0 Å². The zero-order chi connectivity index (χ0) is 11.4. The molecule has 1 heteroatoms. The van der Waals surface area contributed by atoms with Crippen LogP contribution in [0, 0.1) is 6.92 Å². The number of aromatic nitrogens is 1. The van der Waals surface area contributed by atoms with Crippen molar-refractivity contribution >= 4 is 0 Å². The van der Waals surface area contributed by atoms with Crippen LogP contribution in [0.25, 0.3) is 11.3 Å². The monoisotopic (exact) mass is 211 g/mol. The quantitative estimate of drug-likeness (QED) is 0.747. The van der Waals surface area contributed by atoms with E-state index in [9.17, 15) is 0 Å². The Morgan fingerprint density at radius 2 is 1.81 bits per heavy atom. The van der Waals surface area contributed by atoms with Gasteiger partial charge in [0.2, 0.25) is 0 Å². The third kappa shape index (κ3) is 2.48. The molecule has 0 aliphatic carbocycles. The molecule has 0 aliphatic heterocycles. The lowest BCUT2D eigenvalue weighted by Crippen LogP contribution is -1.86. The summed E-state index contributed by atoms with van der Waals surface area (Å²) in [6.45, 7) is 4.30. The van der Waals surface area contributed by atoms with Gasteiger partial charge in [0.05, 0.1) is 5.69 Å². The smallest absolute Gasteiger partial charge is 0.0704 e. The Balaban J connectivity index is 2.27. The summed E-state index contributed by atoms with van der Waals surface area (Å²) < 4.78 is 0. The molecule has 2 aromatic rings. The molecule has 0 N–H and O–H groups in total. The molecule has 82 valence electrons. The van der Waals surface area contributed by atoms with E-state index in [-0.39, 0.29) is 0 Å². The van der Waals surface area contributed by atoms with Gasteiger partial charge in [-0.2, -0.15) is 0 Å². The molecule has 0 amide bonds. The minimum Gasteiger partial charge on any atom is -0.256 e. The molecule has 0 unspecified atom stereocenters. The van der Waals surface area contributed by atoms with Crippen molar-refractivity contribution in [3.8, 4) is 11.3 Å². The first-order valence-corrected chi connectivity index (χ1v) is 5.81. The van der Waals surface area contributed by atoms with Crippen molar-refractivity contribution in [2.24, 2.45) is 0 Å². The lowest BCUT2D eigenvalue weighted by Gasteiger charge is -2.03. The van der Waals surface area contributed by atoms with Crippen molar-refractivity contribution in [3.63, 3.8) is 0 Å². The molecule has 0 bridgehead atoms. The summed E-state index contributed by atoms with van der Waals surface area (Å²) in [5.74, 6) is 0. The maximum Gasteiger partial charge on any atom is 0.0704 e. The van der Waals surface area contributed by atoms with Crippen molar-refractivity contribution in [1.29, 1.82) is 0 Å². The average molecular weight is 211 g/mol. The topological polar surface area (TPSA) is 12.9 Å². The highest BCUT2D eigenvalue weighted by molar-refractivity contribution is 5.59. The van der Waals surface area contributed by atoms with Gasteiger partial charge in [0.1, 0.15) is 0 Å². The Kier molecular flexibility index (Phi) is 3.35. The zero-order valence-electron chi connectivity index (χ0n) is 9.90. The van der Waals surface area contributed by atoms with Crippen molar-refractivity contribution in [3.05, 3.63) is 53.7 Å². The van der Waals surface area contributed by atoms with E-state index >= 15 is 0 Å². The minimum absolute atomic E-state index is 1.06. The summed E-state index contributed by atoms with van der Waals surface area (Å²) in [5.41, 5.74) is 4.91. The van der Waals surface area contributed by atoms with E-state index in [0.29, 0.717) is 0 Å². The van der Waals surface area contributed by atoms with Crippen LogP contribution in [-0.4, -0.2) is 4.98 Å². The van der Waals surface area contributed by atoms with Crippen molar-refractivity contribution in [2.45, 2.75) is 26.7 Å². The van der Waals surface area contributed by atoms with Gasteiger partial charge in [0.25, 0.3) is 0 Å². The van der Waals surface area contributed by atoms with Gasteiger partial charge in [-0.05, 0) is 36.6 Å². The Hall–Kier alpha value is -1.63. The normalized spacial score (nSPS) is 10.4. The van der Waals surface area contributed by atoms with Gasteiger partial charge >= 0.3 is 0 Å². The van der Waals surface area contributed by atoms with Crippen LogP contribution >= 0.6 is 0 Å². The first-order chi connectivity index (χ1) is 7.79. The molecule has 0 saturated heterocycles. The van der Waals surface area contributed by atoms with Crippen LogP contribution in [0.15, 0.2) is 42.6 Å². The number of hydrogen-bond donors (Lipinski definition) is 0. The van der Waals surface area contributed by atoms with Crippen LogP contribution in [0.2, 0.25) is 0 Å². The molecule has 0 spiro atoms. The second-order valence-corrected chi connectivity index (χ2v) is 4.17. The molecule has 1 aromatic carbocycles. The Morgan fingerprint density at radius 1 is 1.06 bits per heavy atom. The van der Waals surface area contributed by atoms with Gasteiger partial charge in [0, 0.05) is 11.8 Å². The molecule has 2 rings (SSSR count). The first-order valence-electron chi connectivity index (χ1n) is 5.81. The van der Waals surface area contributed by atoms with Crippen LogP contribution in [0.5, 0.6) is 0 Å². The molecule has 0 aliphatic rings. The summed E-state index contributed by atoms with van der Waals surface area (Å²) in [7, 11) is 0. The van der Waals surface area contributed by atoms with Crippen LogP contribution in [0.1, 0.15) is 24.5 Å². The predicted molar refractivity (Wildman–Crippen MR) is 68.4 cm³/mol. The van der Waals surface area contributed by atoms with Crippen LogP contribution in [-0.2, 0) is 6.42 Å². The van der Waals surface area contributed by atoms with Gasteiger partial charge < -0.3 is 0 Å². The molecule has 0 fully saturated rings. The van der Waals surface area contributed by atoms with Crippen LogP contribution in [0.4, 0.5) is 0 Å². The average Bonchev–Trinajstić information content (AvgIpc) is 2.30. The highest BCUT2D eigenvalue weighted by atomic mass is 14.7. The van der Waals surface area contributed by atoms with E-state index in [4.69, 9.17) is 0 Å². The first kappa shape index (κ1) is 10.9. The lowest BCUT2D eigenvalue weighted by atomic mass is 10.0. The van der Waals surface area contributed by atoms with Crippen molar-refractivity contribution < 1.29 is 0 Å². The minimum atomic E-state index is 1.06. The molecule has 16 heavy (non-hydrogen) atoms. The molecule has 0 radical (unpaired) electrons. The fourth-order valence-corrected chi connectivity index (χ4v) is 1.82. The Bertz CT molecular complexity index is 457. The molecular weight excluding hydrogens is 194 g/mol. The standard InChI is InChI=1S/C15H17N/c1-3-4-13-5-7-14(8-6-13)15-11-12(2)9-10-16-15/h5-11H,3-4H2,1-2H3. The highest BCUT2D eigenvalue weighted by Gasteiger charge is 1.99. The van der Waals surface area contributed by atoms with Gasteiger partial charge in [-0.15, -0.1) is 0 Å². The fraction of sp³-hybridized carbons (Fsp3) is 0.267. The van der Waals surface area contributed by atoms with E-state index in [1.165, 1.54) is 23.1 Å². The van der Waals surface area contributed by atoms with Gasteiger partial charge in [-0.1, -0.05) is 37.6 Å². The molecule has 1 heterocycles. The number of rotatable bonds is 3. The van der Waals surface area contributed by atoms with Gasteiger partial charge in [0.15, 0.2) is 0 Å². The number of pyridine rings is 1. The van der Waals surface area contributed by atoms with E-state index in [0.717, 1.165) is 12.1 Å². The number of nitrogens with zero attached hydrogens (tertiary/aromatic N) is 1. The largest absolute Gasteiger partial charge is 0.256 e. The number of aryl methyl sites for hydroxylation is 2. The fourth-order valence-electron chi connectivity index (χ4n) is 1.82. The summed E-state index contributed by atoms with van der Waals surface area (Å²) >= 11 is 0. The zero-order valence-corrected chi connectivity index (χ0v) is 9.90.